The quantitative estimate of drug-likeness (QED) is 0.360. The zero-order chi connectivity index (χ0) is 23.4. The summed E-state index contributed by atoms with van der Waals surface area (Å²) >= 11 is 1.83. The normalized spacial score (nSPS) is 34.4. The van der Waals surface area contributed by atoms with Crippen molar-refractivity contribution in [3.63, 3.8) is 0 Å². The first-order chi connectivity index (χ1) is 15.0. The fourth-order valence-corrected chi connectivity index (χ4v) is 8.23. The second-order valence-corrected chi connectivity index (χ2v) is 11.8. The second-order valence-electron chi connectivity index (χ2n) is 10.8. The maximum atomic E-state index is 13.5. The van der Waals surface area contributed by atoms with Gasteiger partial charge in [0, 0.05) is 55.5 Å². The number of alkyl halides is 2. The van der Waals surface area contributed by atoms with Crippen molar-refractivity contribution in [3.8, 4) is 0 Å². The Balaban J connectivity index is 1.36. The number of aromatic nitrogens is 1. The monoisotopic (exact) mass is 465 g/mol. The summed E-state index contributed by atoms with van der Waals surface area (Å²) in [7, 11) is 0. The first-order valence-corrected chi connectivity index (χ1v) is 12.9. The van der Waals surface area contributed by atoms with Crippen LogP contribution in [0.1, 0.15) is 65.9 Å². The van der Waals surface area contributed by atoms with Gasteiger partial charge in [-0.1, -0.05) is 39.1 Å². The first kappa shape index (κ1) is 23.9. The fourth-order valence-electron chi connectivity index (χ4n) is 6.83. The Bertz CT molecular complexity index is 843. The highest BCUT2D eigenvalue weighted by Crippen LogP contribution is 2.85. The number of hydrogen-bond acceptors (Lipinski definition) is 5. The van der Waals surface area contributed by atoms with Gasteiger partial charge >= 0.3 is 0 Å². The molecular weight excluding hydrogens is 428 g/mol. The van der Waals surface area contributed by atoms with E-state index in [0.717, 1.165) is 44.5 Å². The van der Waals surface area contributed by atoms with Gasteiger partial charge in [0.05, 0.1) is 0 Å². The first-order valence-electron chi connectivity index (χ1n) is 12.0. The van der Waals surface area contributed by atoms with E-state index in [4.69, 9.17) is 0 Å². The predicted molar refractivity (Wildman–Crippen MR) is 127 cm³/mol. The van der Waals surface area contributed by atoms with Crippen LogP contribution in [0.5, 0.6) is 0 Å². The highest BCUT2D eigenvalue weighted by Gasteiger charge is 2.81. The molecule has 1 aromatic rings. The van der Waals surface area contributed by atoms with Crippen LogP contribution >= 0.6 is 11.9 Å². The maximum absolute atomic E-state index is 13.5. The third kappa shape index (κ3) is 3.58. The average molecular weight is 466 g/mol. The highest BCUT2D eigenvalue weighted by molar-refractivity contribution is 7.97. The number of hydrogen-bond donors (Lipinski definition) is 0. The van der Waals surface area contributed by atoms with Crippen molar-refractivity contribution in [3.05, 3.63) is 23.9 Å². The topological polar surface area (TPSA) is 36.4 Å². The van der Waals surface area contributed by atoms with Crippen molar-refractivity contribution in [2.45, 2.75) is 72.3 Å². The van der Waals surface area contributed by atoms with Gasteiger partial charge in [0.25, 0.3) is 5.92 Å². The number of pyridine rings is 1. The van der Waals surface area contributed by atoms with Gasteiger partial charge in [-0.25, -0.2) is 18.1 Å². The molecule has 3 fully saturated rings. The molecule has 0 N–H and O–H groups in total. The van der Waals surface area contributed by atoms with Gasteiger partial charge in [0.15, 0.2) is 0 Å². The number of piperazine rings is 1. The van der Waals surface area contributed by atoms with E-state index in [-0.39, 0.29) is 21.8 Å². The lowest BCUT2D eigenvalue weighted by Crippen LogP contribution is -2.52. The highest BCUT2D eigenvalue weighted by atomic mass is 32.2. The Morgan fingerprint density at radius 1 is 1.28 bits per heavy atom. The van der Waals surface area contributed by atoms with Crippen LogP contribution in [0.4, 0.5) is 14.6 Å². The molecule has 2 aliphatic carbocycles. The number of carbonyl (C=O) groups excluding carboxylic acids is 1. The summed E-state index contributed by atoms with van der Waals surface area (Å²) in [6.07, 6.45) is 7.18. The Hall–Kier alpha value is -1.21. The van der Waals surface area contributed by atoms with E-state index >= 15 is 0 Å². The van der Waals surface area contributed by atoms with E-state index in [2.05, 4.69) is 41.9 Å². The van der Waals surface area contributed by atoms with Crippen LogP contribution in [0.15, 0.2) is 18.3 Å². The van der Waals surface area contributed by atoms with Crippen LogP contribution < -0.4 is 4.90 Å². The van der Waals surface area contributed by atoms with Crippen molar-refractivity contribution in [1.82, 2.24) is 9.29 Å². The van der Waals surface area contributed by atoms with Crippen LogP contribution in [0.2, 0.25) is 0 Å². The van der Waals surface area contributed by atoms with E-state index in [0.29, 0.717) is 12.0 Å². The standard InChI is InChI=1S/C25H37F2N3OS/c1-6-7-20-22(3,4)25(20)11-10-24(25,16-31)17-32-30-13-12-29(15-18(30)2)21-9-8-19(14-28-21)23(5,26)27/h8-9,14,16,18,20H,6-7,10-13,15,17H2,1-5H3. The number of carbonyl (C=O) groups is 1. The molecule has 0 aromatic carbocycles. The van der Waals surface area contributed by atoms with Gasteiger partial charge in [-0.2, -0.15) is 0 Å². The Morgan fingerprint density at radius 2 is 2.03 bits per heavy atom. The maximum Gasteiger partial charge on any atom is 0.272 e. The van der Waals surface area contributed by atoms with E-state index < -0.39 is 5.92 Å². The number of anilines is 1. The van der Waals surface area contributed by atoms with Crippen molar-refractivity contribution >= 4 is 24.1 Å². The van der Waals surface area contributed by atoms with Crippen molar-refractivity contribution in [1.29, 1.82) is 0 Å². The average Bonchev–Trinajstić information content (AvgIpc) is 3.25. The van der Waals surface area contributed by atoms with Crippen LogP contribution in [-0.2, 0) is 10.7 Å². The van der Waals surface area contributed by atoms with E-state index in [1.807, 2.05) is 11.9 Å². The van der Waals surface area contributed by atoms with Crippen molar-refractivity contribution in [2.75, 3.05) is 30.3 Å². The van der Waals surface area contributed by atoms with Gasteiger partial charge in [-0.05, 0) is 55.1 Å². The Labute approximate surface area is 195 Å². The third-order valence-electron chi connectivity index (χ3n) is 8.82. The minimum atomic E-state index is -2.87. The molecule has 2 saturated carbocycles. The molecule has 1 aromatic heterocycles. The molecule has 3 aliphatic rings. The molecule has 0 amide bonds. The molecule has 7 heteroatoms. The zero-order valence-corrected chi connectivity index (χ0v) is 20.9. The number of halogens is 2. The summed E-state index contributed by atoms with van der Waals surface area (Å²) in [5, 5.41) is 0. The Morgan fingerprint density at radius 3 is 2.53 bits per heavy atom. The molecule has 4 atom stereocenters. The molecule has 0 bridgehead atoms. The number of rotatable bonds is 8. The van der Waals surface area contributed by atoms with Crippen molar-refractivity contribution in [2.24, 2.45) is 22.2 Å². The SMILES string of the molecule is CCCC1C(C)(C)C12CCC2(C=O)CSN1CCN(c2ccc(C(C)(F)F)cn2)CC1C. The largest absolute Gasteiger partial charge is 0.354 e. The van der Waals surface area contributed by atoms with Gasteiger partial charge in [0.1, 0.15) is 12.1 Å². The molecule has 4 nitrogen and oxygen atoms in total. The lowest BCUT2D eigenvalue weighted by Gasteiger charge is -2.51. The van der Waals surface area contributed by atoms with Crippen LogP contribution in [-0.4, -0.2) is 47.0 Å². The molecule has 4 unspecified atom stereocenters. The summed E-state index contributed by atoms with van der Waals surface area (Å²) in [5.41, 5.74) is 0.213. The van der Waals surface area contributed by atoms with Crippen molar-refractivity contribution < 1.29 is 13.6 Å². The summed E-state index contributed by atoms with van der Waals surface area (Å²) in [6.45, 7) is 12.5. The smallest absolute Gasteiger partial charge is 0.272 e. The minimum absolute atomic E-state index is 0.0542. The van der Waals surface area contributed by atoms with E-state index in [1.165, 1.54) is 37.8 Å². The van der Waals surface area contributed by atoms with Gasteiger partial charge in [-0.15, -0.1) is 0 Å². The molecule has 32 heavy (non-hydrogen) atoms. The predicted octanol–water partition coefficient (Wildman–Crippen LogP) is 5.77. The number of nitrogens with zero attached hydrogens (tertiary/aromatic N) is 3. The molecule has 178 valence electrons. The molecule has 4 rings (SSSR count). The molecule has 1 saturated heterocycles. The summed E-state index contributed by atoms with van der Waals surface area (Å²) in [5.74, 6) is -0.589. The lowest BCUT2D eigenvalue weighted by atomic mass is 9.55. The lowest BCUT2D eigenvalue weighted by molar-refractivity contribution is -0.128. The molecular formula is C25H37F2N3OS. The van der Waals surface area contributed by atoms with E-state index in [9.17, 15) is 13.6 Å². The van der Waals surface area contributed by atoms with Crippen LogP contribution in [0, 0.1) is 22.2 Å². The molecule has 0 radical (unpaired) electrons. The number of aldehydes is 1. The van der Waals surface area contributed by atoms with Gasteiger partial charge < -0.3 is 9.69 Å². The zero-order valence-electron chi connectivity index (χ0n) is 20.0. The summed E-state index contributed by atoms with van der Waals surface area (Å²) < 4.78 is 29.4. The van der Waals surface area contributed by atoms with Crippen LogP contribution in [0.3, 0.4) is 0 Å². The Kier molecular flexibility index (Phi) is 6.15. The summed E-state index contributed by atoms with van der Waals surface area (Å²) in [4.78, 5) is 18.9. The minimum Gasteiger partial charge on any atom is -0.354 e. The molecule has 1 aliphatic heterocycles. The van der Waals surface area contributed by atoms with Crippen LogP contribution in [0.25, 0.3) is 0 Å². The molecule has 1 spiro atoms. The molecule has 2 heterocycles. The summed E-state index contributed by atoms with van der Waals surface area (Å²) in [6, 6.07) is 3.47. The fraction of sp³-hybridized carbons (Fsp3) is 0.760. The van der Waals surface area contributed by atoms with E-state index in [1.54, 1.807) is 6.07 Å². The third-order valence-corrected chi connectivity index (χ3v) is 10.3. The van der Waals surface area contributed by atoms with Gasteiger partial charge in [0.2, 0.25) is 0 Å². The second kappa shape index (κ2) is 8.23. The van der Waals surface area contributed by atoms with Gasteiger partial charge in [-0.3, -0.25) is 0 Å².